The summed E-state index contributed by atoms with van der Waals surface area (Å²) < 4.78 is 17.1. The number of benzene rings is 1. The third-order valence-electron chi connectivity index (χ3n) is 2.36. The molecule has 2 rings (SSSR count). The molecule has 2 aromatic rings. The topological polar surface area (TPSA) is 69.1 Å². The zero-order chi connectivity index (χ0) is 11.8. The summed E-state index contributed by atoms with van der Waals surface area (Å²) >= 11 is 0. The molecule has 0 saturated heterocycles. The number of nitrogen functional groups attached to an aromatic ring is 1. The first-order valence-corrected chi connectivity index (χ1v) is 7.42. The van der Waals surface area contributed by atoms with Crippen LogP contribution in [0.4, 0.5) is 5.69 Å². The minimum atomic E-state index is -2.28. The SMILES string of the molecule is CP(C)(=O)c1ccc(N)c(-c2cnco2)c1. The number of oxazole rings is 1. The molecule has 5 heteroatoms. The van der Waals surface area contributed by atoms with E-state index >= 15 is 0 Å². The first-order chi connectivity index (χ1) is 7.48. The van der Waals surface area contributed by atoms with Gasteiger partial charge in [0.2, 0.25) is 0 Å². The highest BCUT2D eigenvalue weighted by Gasteiger charge is 2.14. The van der Waals surface area contributed by atoms with Gasteiger partial charge >= 0.3 is 0 Å². The molecule has 0 saturated carbocycles. The average molecular weight is 236 g/mol. The first-order valence-electron chi connectivity index (χ1n) is 4.82. The third kappa shape index (κ3) is 2.02. The molecule has 0 radical (unpaired) electrons. The molecular weight excluding hydrogens is 223 g/mol. The molecule has 1 aromatic carbocycles. The van der Waals surface area contributed by atoms with E-state index in [2.05, 4.69) is 4.98 Å². The van der Waals surface area contributed by atoms with Crippen molar-refractivity contribution in [2.24, 2.45) is 0 Å². The molecule has 0 unspecified atom stereocenters. The molecule has 0 fully saturated rings. The van der Waals surface area contributed by atoms with E-state index in [-0.39, 0.29) is 0 Å². The number of aromatic nitrogens is 1. The van der Waals surface area contributed by atoms with E-state index in [9.17, 15) is 4.57 Å². The zero-order valence-electron chi connectivity index (χ0n) is 9.18. The van der Waals surface area contributed by atoms with Gasteiger partial charge in [-0.05, 0) is 31.5 Å². The molecule has 4 nitrogen and oxygen atoms in total. The van der Waals surface area contributed by atoms with Gasteiger partial charge in [-0.25, -0.2) is 4.98 Å². The van der Waals surface area contributed by atoms with Crippen molar-refractivity contribution in [3.8, 4) is 11.3 Å². The lowest BCUT2D eigenvalue weighted by molar-refractivity contribution is 0.572. The summed E-state index contributed by atoms with van der Waals surface area (Å²) in [5, 5.41) is 0.785. The van der Waals surface area contributed by atoms with E-state index in [4.69, 9.17) is 10.2 Å². The zero-order valence-corrected chi connectivity index (χ0v) is 10.1. The molecule has 2 N–H and O–H groups in total. The van der Waals surface area contributed by atoms with Gasteiger partial charge in [-0.3, -0.25) is 0 Å². The van der Waals surface area contributed by atoms with E-state index < -0.39 is 7.14 Å². The first kappa shape index (κ1) is 11.0. The molecule has 84 valence electrons. The van der Waals surface area contributed by atoms with E-state index in [1.54, 1.807) is 37.7 Å². The second-order valence-electron chi connectivity index (χ2n) is 3.99. The van der Waals surface area contributed by atoms with Crippen LogP contribution in [-0.4, -0.2) is 18.3 Å². The van der Waals surface area contributed by atoms with Crippen molar-refractivity contribution in [2.75, 3.05) is 19.1 Å². The second kappa shape index (κ2) is 3.80. The summed E-state index contributed by atoms with van der Waals surface area (Å²) in [6.07, 6.45) is 2.94. The van der Waals surface area contributed by atoms with Crippen LogP contribution in [0.3, 0.4) is 0 Å². The van der Waals surface area contributed by atoms with Gasteiger partial charge in [-0.15, -0.1) is 0 Å². The number of anilines is 1. The van der Waals surface area contributed by atoms with Crippen molar-refractivity contribution in [1.29, 1.82) is 0 Å². The molecule has 16 heavy (non-hydrogen) atoms. The van der Waals surface area contributed by atoms with Gasteiger partial charge in [0.1, 0.15) is 7.14 Å². The van der Waals surface area contributed by atoms with Crippen molar-refractivity contribution in [3.05, 3.63) is 30.8 Å². The molecule has 1 heterocycles. The largest absolute Gasteiger partial charge is 0.443 e. The average Bonchev–Trinajstić information content (AvgIpc) is 2.69. The van der Waals surface area contributed by atoms with Crippen molar-refractivity contribution < 1.29 is 8.98 Å². The standard InChI is InChI=1S/C11H13N2O2P/c1-16(2,14)8-3-4-10(12)9(5-8)11-6-13-7-15-11/h3-7H,12H2,1-2H3. The normalized spacial score (nSPS) is 11.6. The van der Waals surface area contributed by atoms with Crippen LogP contribution in [0.1, 0.15) is 0 Å². The van der Waals surface area contributed by atoms with Crippen molar-refractivity contribution >= 4 is 18.1 Å². The fraction of sp³-hybridized carbons (Fsp3) is 0.182. The molecule has 0 aliphatic heterocycles. The summed E-state index contributed by atoms with van der Waals surface area (Å²) in [7, 11) is -2.28. The molecule has 0 amide bonds. The van der Waals surface area contributed by atoms with Gasteiger partial charge in [0, 0.05) is 16.6 Å². The Kier molecular flexibility index (Phi) is 2.60. The highest BCUT2D eigenvalue weighted by Crippen LogP contribution is 2.37. The molecule has 0 atom stereocenters. The van der Waals surface area contributed by atoms with Crippen molar-refractivity contribution in [1.82, 2.24) is 4.98 Å². The van der Waals surface area contributed by atoms with Gasteiger partial charge in [0.25, 0.3) is 0 Å². The van der Waals surface area contributed by atoms with E-state index in [0.717, 1.165) is 10.9 Å². The van der Waals surface area contributed by atoms with E-state index in [1.165, 1.54) is 6.39 Å². The number of hydrogen-bond donors (Lipinski definition) is 1. The highest BCUT2D eigenvalue weighted by atomic mass is 31.2. The number of nitrogens with zero attached hydrogens (tertiary/aromatic N) is 1. The summed E-state index contributed by atoms with van der Waals surface area (Å²) in [5.41, 5.74) is 7.17. The van der Waals surface area contributed by atoms with Gasteiger partial charge in [0.15, 0.2) is 12.2 Å². The number of nitrogens with two attached hydrogens (primary N) is 1. The van der Waals surface area contributed by atoms with Crippen LogP contribution in [-0.2, 0) is 4.57 Å². The van der Waals surface area contributed by atoms with Crippen LogP contribution in [0.25, 0.3) is 11.3 Å². The molecule has 0 aliphatic carbocycles. The lowest BCUT2D eigenvalue weighted by Gasteiger charge is -2.09. The second-order valence-corrected chi connectivity index (χ2v) is 7.21. The summed E-state index contributed by atoms with van der Waals surface area (Å²) in [6.45, 7) is 3.45. The van der Waals surface area contributed by atoms with Crippen LogP contribution in [0.15, 0.2) is 35.2 Å². The maximum atomic E-state index is 12.0. The summed E-state index contributed by atoms with van der Waals surface area (Å²) in [6, 6.07) is 5.33. The summed E-state index contributed by atoms with van der Waals surface area (Å²) in [5.74, 6) is 0.591. The molecular formula is C11H13N2O2P. The third-order valence-corrected chi connectivity index (χ3v) is 3.88. The van der Waals surface area contributed by atoms with Crippen LogP contribution in [0, 0.1) is 0 Å². The Bertz CT molecular complexity index is 543. The van der Waals surface area contributed by atoms with Crippen LogP contribution in [0.2, 0.25) is 0 Å². The molecule has 1 aromatic heterocycles. The van der Waals surface area contributed by atoms with Gasteiger partial charge in [-0.1, -0.05) is 0 Å². The number of hydrogen-bond acceptors (Lipinski definition) is 4. The summed E-state index contributed by atoms with van der Waals surface area (Å²) in [4.78, 5) is 3.84. The van der Waals surface area contributed by atoms with E-state index in [0.29, 0.717) is 11.4 Å². The Labute approximate surface area is 93.9 Å². The molecule has 0 bridgehead atoms. The van der Waals surface area contributed by atoms with Crippen molar-refractivity contribution in [2.45, 2.75) is 0 Å². The monoisotopic (exact) mass is 236 g/mol. The minimum Gasteiger partial charge on any atom is -0.443 e. The Morgan fingerprint density at radius 1 is 1.38 bits per heavy atom. The van der Waals surface area contributed by atoms with E-state index in [1.807, 2.05) is 0 Å². The highest BCUT2D eigenvalue weighted by molar-refractivity contribution is 7.70. The Hall–Kier alpha value is -1.54. The van der Waals surface area contributed by atoms with Gasteiger partial charge < -0.3 is 14.7 Å². The van der Waals surface area contributed by atoms with Gasteiger partial charge in [-0.2, -0.15) is 0 Å². The Morgan fingerprint density at radius 3 is 2.69 bits per heavy atom. The fourth-order valence-corrected chi connectivity index (χ4v) is 2.31. The molecule has 0 aliphatic rings. The predicted molar refractivity (Wildman–Crippen MR) is 65.4 cm³/mol. The quantitative estimate of drug-likeness (QED) is 0.640. The Morgan fingerprint density at radius 2 is 2.12 bits per heavy atom. The lowest BCUT2D eigenvalue weighted by Crippen LogP contribution is -2.04. The maximum Gasteiger partial charge on any atom is 0.181 e. The van der Waals surface area contributed by atoms with Crippen LogP contribution < -0.4 is 11.0 Å². The van der Waals surface area contributed by atoms with Gasteiger partial charge in [0.05, 0.1) is 6.20 Å². The number of rotatable bonds is 2. The molecule has 0 spiro atoms. The van der Waals surface area contributed by atoms with Crippen LogP contribution in [0.5, 0.6) is 0 Å². The minimum absolute atomic E-state index is 0.591. The maximum absolute atomic E-state index is 12.0. The van der Waals surface area contributed by atoms with Crippen LogP contribution >= 0.6 is 7.14 Å². The van der Waals surface area contributed by atoms with Crippen molar-refractivity contribution in [3.63, 3.8) is 0 Å². The fourth-order valence-electron chi connectivity index (χ4n) is 1.44. The Balaban J connectivity index is 2.58. The smallest absolute Gasteiger partial charge is 0.181 e. The predicted octanol–water partition coefficient (Wildman–Crippen LogP) is 2.17. The lowest BCUT2D eigenvalue weighted by atomic mass is 10.1.